The first-order valence-corrected chi connectivity index (χ1v) is 14.4. The third-order valence-corrected chi connectivity index (χ3v) is 7.03. The zero-order chi connectivity index (χ0) is 30.9. The van der Waals surface area contributed by atoms with Crippen molar-refractivity contribution in [2.24, 2.45) is 0 Å². The molecule has 232 valence electrons. The van der Waals surface area contributed by atoms with Gasteiger partial charge in [-0.15, -0.1) is 0 Å². The quantitative estimate of drug-likeness (QED) is 0.124. The Labute approximate surface area is 245 Å². The van der Waals surface area contributed by atoms with Crippen LogP contribution in [-0.2, 0) is 35.2 Å². The molecule has 0 spiro atoms. The largest absolute Gasteiger partial charge is 0.480 e. The average molecular weight is 590 g/mol. The molecule has 4 amide bonds. The highest BCUT2D eigenvalue weighted by Gasteiger charge is 2.38. The Balaban J connectivity index is 1.85. The fourth-order valence-electron chi connectivity index (χ4n) is 4.79. The van der Waals surface area contributed by atoms with Gasteiger partial charge in [0.25, 0.3) is 0 Å². The molecule has 0 aromatic heterocycles. The van der Waals surface area contributed by atoms with Crippen molar-refractivity contribution in [3.8, 4) is 0 Å². The zero-order valence-electron chi connectivity index (χ0n) is 24.1. The van der Waals surface area contributed by atoms with Gasteiger partial charge in [-0.25, -0.2) is 4.79 Å². The molecular weight excluding hydrogens is 546 g/mol. The van der Waals surface area contributed by atoms with Gasteiger partial charge in [-0.3, -0.25) is 29.3 Å². The molecule has 42 heavy (non-hydrogen) atoms. The third-order valence-electron chi connectivity index (χ3n) is 7.03. The van der Waals surface area contributed by atoms with E-state index in [1.807, 2.05) is 30.3 Å². The number of hydrogen-bond donors (Lipinski definition) is 6. The number of likely N-dealkylation sites (tertiary alicyclic amines) is 1. The minimum Gasteiger partial charge on any atom is -0.480 e. The van der Waals surface area contributed by atoms with Crippen molar-refractivity contribution in [2.45, 2.75) is 82.8 Å². The summed E-state index contributed by atoms with van der Waals surface area (Å²) >= 11 is 0. The van der Waals surface area contributed by atoms with Crippen molar-refractivity contribution in [1.82, 2.24) is 26.2 Å². The number of carboxylic acid groups (broad SMARTS) is 2. The van der Waals surface area contributed by atoms with Gasteiger partial charge >= 0.3 is 11.9 Å². The maximum Gasteiger partial charge on any atom is 0.326 e. The second-order valence-corrected chi connectivity index (χ2v) is 10.3. The van der Waals surface area contributed by atoms with Crippen LogP contribution in [0.4, 0.5) is 0 Å². The Morgan fingerprint density at radius 1 is 0.857 bits per heavy atom. The molecule has 13 heteroatoms. The molecule has 13 nitrogen and oxygen atoms in total. The molecule has 0 radical (unpaired) electrons. The summed E-state index contributed by atoms with van der Waals surface area (Å²) < 4.78 is 0. The molecule has 0 aliphatic carbocycles. The number of unbranched alkanes of at least 4 members (excludes halogenated alkanes) is 1. The minimum atomic E-state index is -1.09. The second kappa shape index (κ2) is 18.4. The van der Waals surface area contributed by atoms with Crippen LogP contribution >= 0.6 is 0 Å². The number of rotatable bonds is 19. The monoisotopic (exact) mass is 589 g/mol. The highest BCUT2D eigenvalue weighted by Crippen LogP contribution is 2.20. The number of carbonyl (C=O) groups is 6. The van der Waals surface area contributed by atoms with Gasteiger partial charge in [-0.05, 0) is 50.5 Å². The molecule has 0 bridgehead atoms. The van der Waals surface area contributed by atoms with Gasteiger partial charge in [0, 0.05) is 45.9 Å². The Hall–Kier alpha value is -4.00. The lowest BCUT2D eigenvalue weighted by atomic mass is 10.0. The van der Waals surface area contributed by atoms with E-state index in [1.165, 1.54) is 11.8 Å². The minimum absolute atomic E-state index is 0.0851. The highest BCUT2D eigenvalue weighted by atomic mass is 16.4. The Bertz CT molecular complexity index is 1070. The summed E-state index contributed by atoms with van der Waals surface area (Å²) in [6.07, 6.45) is 3.15. The number of amides is 4. The number of carbonyl (C=O) groups excluding carboxylic acids is 4. The van der Waals surface area contributed by atoms with Crippen molar-refractivity contribution in [3.05, 3.63) is 35.9 Å². The van der Waals surface area contributed by atoms with E-state index in [9.17, 15) is 39.0 Å². The fourth-order valence-corrected chi connectivity index (χ4v) is 4.79. The molecule has 1 unspecified atom stereocenters. The first kappa shape index (κ1) is 34.2. The van der Waals surface area contributed by atoms with Crippen molar-refractivity contribution in [2.75, 3.05) is 26.2 Å². The van der Waals surface area contributed by atoms with E-state index < -0.39 is 36.0 Å². The molecule has 1 aliphatic rings. The summed E-state index contributed by atoms with van der Waals surface area (Å²) in [5, 5.41) is 30.3. The van der Waals surface area contributed by atoms with Crippen LogP contribution in [0.15, 0.2) is 30.3 Å². The van der Waals surface area contributed by atoms with Gasteiger partial charge in [0.2, 0.25) is 23.6 Å². The average Bonchev–Trinajstić information content (AvgIpc) is 3.44. The van der Waals surface area contributed by atoms with Gasteiger partial charge in [0.15, 0.2) is 0 Å². The van der Waals surface area contributed by atoms with Crippen LogP contribution in [0, 0.1) is 0 Å². The molecule has 1 fully saturated rings. The molecule has 1 aromatic rings. The number of nitrogens with one attached hydrogen (secondary N) is 4. The third kappa shape index (κ3) is 12.7. The van der Waals surface area contributed by atoms with Crippen LogP contribution < -0.4 is 21.3 Å². The lowest BCUT2D eigenvalue weighted by Crippen LogP contribution is -2.54. The van der Waals surface area contributed by atoms with E-state index in [1.54, 1.807) is 0 Å². The number of aryl methyl sites for hydroxylation is 1. The van der Waals surface area contributed by atoms with E-state index in [0.29, 0.717) is 45.2 Å². The standard InChI is InChI=1S/C29H43N5O8/c1-20(35)30-17-14-26(37)32-18-15-25(36)31-16-6-5-10-22(27(38)34-19-7-11-24(34)29(41)42)33-23(28(39)40)13-12-21-8-3-2-4-9-21/h2-4,8-9,22-24,33H,5-7,10-19H2,1H3,(H,30,35)(H,31,36)(H,32,37)(H,39,40)(H,41,42)/t22-,23?,24-/m0/s1. The van der Waals surface area contributed by atoms with Crippen LogP contribution in [0.2, 0.25) is 0 Å². The molecular formula is C29H43N5O8. The highest BCUT2D eigenvalue weighted by molar-refractivity contribution is 5.88. The first-order chi connectivity index (χ1) is 20.1. The second-order valence-electron chi connectivity index (χ2n) is 10.3. The SMILES string of the molecule is CC(=O)NCCC(=O)NCCC(=O)NCCCC[C@H](NC(CCc1ccccc1)C(=O)O)C(=O)N1CCC[C@H]1C(=O)O. The smallest absolute Gasteiger partial charge is 0.326 e. The van der Waals surface area contributed by atoms with Crippen molar-refractivity contribution in [1.29, 1.82) is 0 Å². The summed E-state index contributed by atoms with van der Waals surface area (Å²) in [6, 6.07) is 6.60. The first-order valence-electron chi connectivity index (χ1n) is 14.4. The van der Waals surface area contributed by atoms with Crippen molar-refractivity contribution in [3.63, 3.8) is 0 Å². The number of carboxylic acids is 2. The van der Waals surface area contributed by atoms with Gasteiger partial charge in [0.05, 0.1) is 6.04 Å². The summed E-state index contributed by atoms with van der Waals surface area (Å²) in [6.45, 7) is 2.37. The molecule has 1 heterocycles. The van der Waals surface area contributed by atoms with E-state index in [-0.39, 0.29) is 56.5 Å². The maximum absolute atomic E-state index is 13.4. The Morgan fingerprint density at radius 2 is 1.50 bits per heavy atom. The molecule has 0 saturated carbocycles. The van der Waals surface area contributed by atoms with Gasteiger partial charge in [-0.2, -0.15) is 0 Å². The van der Waals surface area contributed by atoms with Crippen molar-refractivity contribution >= 4 is 35.6 Å². The van der Waals surface area contributed by atoms with Gasteiger partial charge in [-0.1, -0.05) is 30.3 Å². The fraction of sp³-hybridized carbons (Fsp3) is 0.586. The van der Waals surface area contributed by atoms with Crippen LogP contribution in [0.5, 0.6) is 0 Å². The number of nitrogens with zero attached hydrogens (tertiary/aromatic N) is 1. The summed E-state index contributed by atoms with van der Waals surface area (Å²) in [5.74, 6) is -3.34. The van der Waals surface area contributed by atoms with E-state index in [0.717, 1.165) is 5.56 Å². The number of benzene rings is 1. The lowest BCUT2D eigenvalue weighted by molar-refractivity contribution is -0.149. The Kier molecular flexibility index (Phi) is 15.0. The van der Waals surface area contributed by atoms with Gasteiger partial charge < -0.3 is 31.1 Å². The topological polar surface area (TPSA) is 194 Å². The molecule has 3 atom stereocenters. The molecule has 1 aromatic carbocycles. The van der Waals surface area contributed by atoms with E-state index >= 15 is 0 Å². The van der Waals surface area contributed by atoms with Crippen LogP contribution in [0.25, 0.3) is 0 Å². The molecule has 2 rings (SSSR count). The van der Waals surface area contributed by atoms with E-state index in [2.05, 4.69) is 21.3 Å². The van der Waals surface area contributed by atoms with Crippen LogP contribution in [0.1, 0.15) is 63.9 Å². The summed E-state index contributed by atoms with van der Waals surface area (Å²) in [5.41, 5.74) is 0.971. The van der Waals surface area contributed by atoms with Crippen LogP contribution in [-0.4, -0.2) is 95.0 Å². The Morgan fingerprint density at radius 3 is 2.12 bits per heavy atom. The molecule has 1 saturated heterocycles. The predicted octanol–water partition coefficient (Wildman–Crippen LogP) is 0.425. The number of aliphatic carboxylic acids is 2. The van der Waals surface area contributed by atoms with Crippen molar-refractivity contribution < 1.29 is 39.0 Å². The summed E-state index contributed by atoms with van der Waals surface area (Å²) in [4.78, 5) is 73.1. The maximum atomic E-state index is 13.4. The van der Waals surface area contributed by atoms with E-state index in [4.69, 9.17) is 0 Å². The number of hydrogen-bond acceptors (Lipinski definition) is 7. The molecule has 1 aliphatic heterocycles. The normalized spacial score (nSPS) is 15.8. The zero-order valence-corrected chi connectivity index (χ0v) is 24.1. The van der Waals surface area contributed by atoms with Crippen LogP contribution in [0.3, 0.4) is 0 Å². The van der Waals surface area contributed by atoms with Gasteiger partial charge in [0.1, 0.15) is 12.1 Å². The predicted molar refractivity (Wildman–Crippen MR) is 153 cm³/mol. The molecule has 6 N–H and O–H groups in total. The summed E-state index contributed by atoms with van der Waals surface area (Å²) in [7, 11) is 0. The lowest BCUT2D eigenvalue weighted by Gasteiger charge is -2.29.